The third-order valence-electron chi connectivity index (χ3n) is 2.72. The molecule has 0 amide bonds. The molecule has 0 saturated carbocycles. The Kier molecular flexibility index (Phi) is 4.57. The van der Waals surface area contributed by atoms with Crippen molar-refractivity contribution < 1.29 is 19.3 Å². The molecule has 1 unspecified atom stereocenters. The van der Waals surface area contributed by atoms with E-state index < -0.39 is 5.60 Å². The highest BCUT2D eigenvalue weighted by molar-refractivity contribution is 5.14. The van der Waals surface area contributed by atoms with Gasteiger partial charge in [-0.15, -0.1) is 0 Å². The van der Waals surface area contributed by atoms with Crippen LogP contribution in [0.15, 0.2) is 11.8 Å². The largest absolute Gasteiger partial charge is 0.501 e. The third kappa shape index (κ3) is 3.48. The molecule has 1 heterocycles. The van der Waals surface area contributed by atoms with Crippen molar-refractivity contribution in [2.45, 2.75) is 38.1 Å². The maximum Gasteiger partial charge on any atom is 0.159 e. The predicted octanol–water partition coefficient (Wildman–Crippen LogP) is 1.44. The summed E-state index contributed by atoms with van der Waals surface area (Å²) in [6, 6.07) is 0. The van der Waals surface area contributed by atoms with E-state index in [-0.39, 0.29) is 6.29 Å². The number of methoxy groups -OCH3 is 2. The Balaban J connectivity index is 2.60. The Morgan fingerprint density at radius 3 is 2.67 bits per heavy atom. The van der Waals surface area contributed by atoms with Crippen LogP contribution in [0.3, 0.4) is 0 Å². The quantitative estimate of drug-likeness (QED) is 0.706. The molecule has 0 fully saturated rings. The molecule has 1 N–H and O–H groups in total. The van der Waals surface area contributed by atoms with Crippen LogP contribution in [0.1, 0.15) is 26.2 Å². The van der Waals surface area contributed by atoms with Crippen LogP contribution in [0.4, 0.5) is 0 Å². The van der Waals surface area contributed by atoms with Crippen LogP contribution in [0.25, 0.3) is 0 Å². The SMILES string of the molecule is COC(CC(C)(O)C1=COCCC1)OC. The first-order valence-corrected chi connectivity index (χ1v) is 5.19. The standard InChI is InChI=1S/C11H20O4/c1-11(12,7-10(13-2)14-3)9-5-4-6-15-8-9/h8,10,12H,4-7H2,1-3H3. The number of hydrogen-bond donors (Lipinski definition) is 1. The van der Waals surface area contributed by atoms with Gasteiger partial charge in [0.2, 0.25) is 0 Å². The highest BCUT2D eigenvalue weighted by Crippen LogP contribution is 2.29. The van der Waals surface area contributed by atoms with Crippen LogP contribution >= 0.6 is 0 Å². The molecular weight excluding hydrogens is 196 g/mol. The minimum absolute atomic E-state index is 0.386. The summed E-state index contributed by atoms with van der Waals surface area (Å²) in [5.74, 6) is 0. The Morgan fingerprint density at radius 1 is 1.53 bits per heavy atom. The minimum Gasteiger partial charge on any atom is -0.501 e. The van der Waals surface area contributed by atoms with Crippen molar-refractivity contribution >= 4 is 0 Å². The summed E-state index contributed by atoms with van der Waals surface area (Å²) in [7, 11) is 3.13. The molecule has 0 aromatic heterocycles. The summed E-state index contributed by atoms with van der Waals surface area (Å²) in [4.78, 5) is 0. The lowest BCUT2D eigenvalue weighted by atomic mass is 9.89. The molecule has 1 rings (SSSR count). The summed E-state index contributed by atoms with van der Waals surface area (Å²) in [5.41, 5.74) is -0.00949. The molecule has 4 nitrogen and oxygen atoms in total. The fourth-order valence-electron chi connectivity index (χ4n) is 1.68. The fraction of sp³-hybridized carbons (Fsp3) is 0.818. The monoisotopic (exact) mass is 216 g/mol. The number of hydrogen-bond acceptors (Lipinski definition) is 4. The van der Waals surface area contributed by atoms with Gasteiger partial charge in [-0.3, -0.25) is 0 Å². The van der Waals surface area contributed by atoms with Crippen LogP contribution in [-0.2, 0) is 14.2 Å². The summed E-state index contributed by atoms with van der Waals surface area (Å²) in [6.07, 6.45) is 3.50. The Bertz CT molecular complexity index is 219. The van der Waals surface area contributed by atoms with E-state index in [1.165, 1.54) is 0 Å². The van der Waals surface area contributed by atoms with Crippen LogP contribution in [0.5, 0.6) is 0 Å². The lowest BCUT2D eigenvalue weighted by molar-refractivity contribution is -0.134. The average molecular weight is 216 g/mol. The van der Waals surface area contributed by atoms with E-state index in [4.69, 9.17) is 14.2 Å². The minimum atomic E-state index is -0.920. The van der Waals surface area contributed by atoms with Crippen molar-refractivity contribution in [3.05, 3.63) is 11.8 Å². The van der Waals surface area contributed by atoms with Crippen molar-refractivity contribution in [1.82, 2.24) is 0 Å². The van der Waals surface area contributed by atoms with E-state index in [9.17, 15) is 5.11 Å². The molecule has 1 atom stereocenters. The lowest BCUT2D eigenvalue weighted by Crippen LogP contribution is -2.34. The Hall–Kier alpha value is -0.580. The van der Waals surface area contributed by atoms with E-state index in [0.29, 0.717) is 6.42 Å². The topological polar surface area (TPSA) is 47.9 Å². The van der Waals surface area contributed by atoms with E-state index in [1.807, 2.05) is 0 Å². The van der Waals surface area contributed by atoms with Crippen molar-refractivity contribution in [3.63, 3.8) is 0 Å². The van der Waals surface area contributed by atoms with E-state index in [1.54, 1.807) is 27.4 Å². The Labute approximate surface area is 90.8 Å². The highest BCUT2D eigenvalue weighted by atomic mass is 16.7. The van der Waals surface area contributed by atoms with E-state index in [2.05, 4.69) is 0 Å². The maximum absolute atomic E-state index is 10.3. The molecule has 0 radical (unpaired) electrons. The zero-order valence-corrected chi connectivity index (χ0v) is 9.66. The van der Waals surface area contributed by atoms with Crippen LogP contribution < -0.4 is 0 Å². The van der Waals surface area contributed by atoms with Gasteiger partial charge >= 0.3 is 0 Å². The summed E-state index contributed by atoms with van der Waals surface area (Å²) < 4.78 is 15.4. The van der Waals surface area contributed by atoms with Crippen molar-refractivity contribution in [2.24, 2.45) is 0 Å². The predicted molar refractivity (Wildman–Crippen MR) is 56.3 cm³/mol. The normalized spacial score (nSPS) is 20.7. The highest BCUT2D eigenvalue weighted by Gasteiger charge is 2.30. The summed E-state index contributed by atoms with van der Waals surface area (Å²) >= 11 is 0. The van der Waals surface area contributed by atoms with Crippen LogP contribution in [0, 0.1) is 0 Å². The van der Waals surface area contributed by atoms with E-state index >= 15 is 0 Å². The first-order valence-electron chi connectivity index (χ1n) is 5.19. The van der Waals surface area contributed by atoms with Crippen molar-refractivity contribution in [2.75, 3.05) is 20.8 Å². The van der Waals surface area contributed by atoms with Crippen molar-refractivity contribution in [1.29, 1.82) is 0 Å². The molecule has 0 aromatic carbocycles. The number of aliphatic hydroxyl groups is 1. The molecule has 88 valence electrons. The summed E-state index contributed by atoms with van der Waals surface area (Å²) in [6.45, 7) is 2.50. The smallest absolute Gasteiger partial charge is 0.159 e. The maximum atomic E-state index is 10.3. The van der Waals surface area contributed by atoms with Crippen LogP contribution in [0.2, 0.25) is 0 Å². The van der Waals surface area contributed by atoms with Gasteiger partial charge in [0.1, 0.15) is 0 Å². The molecule has 0 bridgehead atoms. The summed E-state index contributed by atoms with van der Waals surface area (Å²) in [5, 5.41) is 10.3. The van der Waals surface area contributed by atoms with Gasteiger partial charge in [0.05, 0.1) is 18.5 Å². The van der Waals surface area contributed by atoms with Gasteiger partial charge in [0.25, 0.3) is 0 Å². The number of ether oxygens (including phenoxy) is 3. The fourth-order valence-corrected chi connectivity index (χ4v) is 1.68. The van der Waals surface area contributed by atoms with Gasteiger partial charge < -0.3 is 19.3 Å². The first kappa shape index (κ1) is 12.5. The molecule has 1 aliphatic heterocycles. The van der Waals surface area contributed by atoms with Gasteiger partial charge in [-0.05, 0) is 25.3 Å². The third-order valence-corrected chi connectivity index (χ3v) is 2.72. The van der Waals surface area contributed by atoms with Gasteiger partial charge in [0.15, 0.2) is 6.29 Å². The molecule has 0 aliphatic carbocycles. The van der Waals surface area contributed by atoms with Crippen LogP contribution in [-0.4, -0.2) is 37.8 Å². The molecule has 15 heavy (non-hydrogen) atoms. The lowest BCUT2D eigenvalue weighted by Gasteiger charge is -2.31. The zero-order valence-electron chi connectivity index (χ0n) is 9.66. The second-order valence-corrected chi connectivity index (χ2v) is 4.00. The average Bonchev–Trinajstić information content (AvgIpc) is 2.27. The van der Waals surface area contributed by atoms with Gasteiger partial charge in [-0.2, -0.15) is 0 Å². The molecule has 0 spiro atoms. The molecule has 4 heteroatoms. The molecular formula is C11H20O4. The van der Waals surface area contributed by atoms with Crippen molar-refractivity contribution in [3.8, 4) is 0 Å². The number of rotatable bonds is 5. The second-order valence-electron chi connectivity index (χ2n) is 4.00. The molecule has 0 aromatic rings. The zero-order chi connectivity index (χ0) is 11.3. The Morgan fingerprint density at radius 2 is 2.20 bits per heavy atom. The van der Waals surface area contributed by atoms with Gasteiger partial charge in [0, 0.05) is 20.6 Å². The van der Waals surface area contributed by atoms with Gasteiger partial charge in [-0.1, -0.05) is 0 Å². The van der Waals surface area contributed by atoms with E-state index in [0.717, 1.165) is 25.0 Å². The molecule has 0 saturated heterocycles. The molecule has 1 aliphatic rings. The first-order chi connectivity index (χ1) is 7.10. The van der Waals surface area contributed by atoms with Gasteiger partial charge in [-0.25, -0.2) is 0 Å². The second kappa shape index (κ2) is 5.49.